The van der Waals surface area contributed by atoms with E-state index in [1.54, 1.807) is 0 Å². The minimum Gasteiger partial charge on any atom is -0.351 e. The molecule has 64 valence electrons. The smallest absolute Gasteiger partial charge is 0.256 e. The van der Waals surface area contributed by atoms with Gasteiger partial charge >= 0.3 is 0 Å². The first-order chi connectivity index (χ1) is 5.02. The third kappa shape index (κ3) is 2.24. The molecule has 0 radical (unpaired) electrons. The second kappa shape index (κ2) is 3.20. The van der Waals surface area contributed by atoms with Crippen LogP contribution in [0, 0.1) is 0 Å². The molecule has 11 heavy (non-hydrogen) atoms. The molecule has 1 aliphatic heterocycles. The lowest BCUT2D eigenvalue weighted by Gasteiger charge is -2.15. The van der Waals surface area contributed by atoms with E-state index in [2.05, 4.69) is 5.32 Å². The molecule has 0 bridgehead atoms. The number of rotatable bonds is 0. The highest BCUT2D eigenvalue weighted by Crippen LogP contribution is 2.30. The van der Waals surface area contributed by atoms with Crippen LogP contribution in [0.1, 0.15) is 26.2 Å². The van der Waals surface area contributed by atoms with Crippen LogP contribution in [0.5, 0.6) is 0 Å². The van der Waals surface area contributed by atoms with Crippen LogP contribution in [-0.2, 0) is 4.79 Å². The molecule has 1 atom stereocenters. The van der Waals surface area contributed by atoms with Gasteiger partial charge in [-0.2, -0.15) is 0 Å². The van der Waals surface area contributed by atoms with Gasteiger partial charge in [-0.1, -0.05) is 23.2 Å². The Labute approximate surface area is 76.2 Å². The SMILES string of the molecule is CC1CCCC(Cl)(Cl)C(=O)N1. The molecule has 4 heteroatoms. The van der Waals surface area contributed by atoms with Crippen LogP contribution >= 0.6 is 23.2 Å². The predicted molar refractivity (Wildman–Crippen MR) is 45.9 cm³/mol. The van der Waals surface area contributed by atoms with Crippen molar-refractivity contribution in [3.63, 3.8) is 0 Å². The Hall–Kier alpha value is 0.0500. The van der Waals surface area contributed by atoms with Gasteiger partial charge in [0, 0.05) is 6.04 Å². The number of amides is 1. The Morgan fingerprint density at radius 3 is 2.91 bits per heavy atom. The molecular formula is C7H11Cl2NO. The highest BCUT2D eigenvalue weighted by atomic mass is 35.5. The second-order valence-electron chi connectivity index (χ2n) is 2.97. The van der Waals surface area contributed by atoms with E-state index in [4.69, 9.17) is 23.2 Å². The number of hydrogen-bond donors (Lipinski definition) is 1. The lowest BCUT2D eigenvalue weighted by molar-refractivity contribution is -0.122. The average Bonchev–Trinajstić information content (AvgIpc) is 1.94. The van der Waals surface area contributed by atoms with Gasteiger partial charge in [0.25, 0.3) is 5.91 Å². The molecule has 1 unspecified atom stereocenters. The maximum atomic E-state index is 11.2. The molecule has 0 aliphatic carbocycles. The van der Waals surface area contributed by atoms with Gasteiger partial charge in [0.05, 0.1) is 0 Å². The summed E-state index contributed by atoms with van der Waals surface area (Å²) in [6, 6.07) is 0.196. The summed E-state index contributed by atoms with van der Waals surface area (Å²) in [4.78, 5) is 11.2. The molecule has 2 nitrogen and oxygen atoms in total. The minimum atomic E-state index is -1.20. The maximum absolute atomic E-state index is 11.2. The maximum Gasteiger partial charge on any atom is 0.256 e. The summed E-state index contributed by atoms with van der Waals surface area (Å²) in [5.41, 5.74) is 0. The number of carbonyl (C=O) groups is 1. The summed E-state index contributed by atoms with van der Waals surface area (Å²) in [5.74, 6) is -0.258. The van der Waals surface area contributed by atoms with Gasteiger partial charge < -0.3 is 5.32 Å². The van der Waals surface area contributed by atoms with Crippen LogP contribution in [0.2, 0.25) is 0 Å². The highest BCUT2D eigenvalue weighted by Gasteiger charge is 2.35. The molecule has 1 heterocycles. The quantitative estimate of drug-likeness (QED) is 0.588. The number of carbonyl (C=O) groups excluding carboxylic acids is 1. The van der Waals surface area contributed by atoms with Gasteiger partial charge in [-0.25, -0.2) is 0 Å². The van der Waals surface area contributed by atoms with E-state index >= 15 is 0 Å². The van der Waals surface area contributed by atoms with Crippen molar-refractivity contribution in [3.8, 4) is 0 Å². The van der Waals surface area contributed by atoms with Gasteiger partial charge in [-0.05, 0) is 26.2 Å². The molecule has 0 aromatic heterocycles. The lowest BCUT2D eigenvalue weighted by atomic mass is 10.1. The summed E-state index contributed by atoms with van der Waals surface area (Å²) in [7, 11) is 0. The third-order valence-corrected chi connectivity index (χ3v) is 2.56. The predicted octanol–water partition coefficient (Wildman–Crippen LogP) is 1.85. The summed E-state index contributed by atoms with van der Waals surface area (Å²) >= 11 is 11.5. The van der Waals surface area contributed by atoms with Crippen LogP contribution in [0.3, 0.4) is 0 Å². The first kappa shape index (κ1) is 9.14. The molecule has 1 saturated heterocycles. The summed E-state index contributed by atoms with van der Waals surface area (Å²) in [6.07, 6.45) is 2.39. The van der Waals surface area contributed by atoms with E-state index in [0.717, 1.165) is 12.8 Å². The van der Waals surface area contributed by atoms with Crippen molar-refractivity contribution in [2.45, 2.75) is 36.6 Å². The van der Waals surface area contributed by atoms with Crippen LogP contribution in [0.15, 0.2) is 0 Å². The zero-order chi connectivity index (χ0) is 8.48. The van der Waals surface area contributed by atoms with Gasteiger partial charge in [0.2, 0.25) is 0 Å². The second-order valence-corrected chi connectivity index (χ2v) is 4.46. The Kier molecular flexibility index (Phi) is 2.66. The number of nitrogens with one attached hydrogen (secondary N) is 1. The van der Waals surface area contributed by atoms with Crippen molar-refractivity contribution in [1.29, 1.82) is 0 Å². The van der Waals surface area contributed by atoms with Crippen molar-refractivity contribution in [2.75, 3.05) is 0 Å². The van der Waals surface area contributed by atoms with Crippen LogP contribution < -0.4 is 5.32 Å². The van der Waals surface area contributed by atoms with Crippen molar-refractivity contribution >= 4 is 29.1 Å². The fourth-order valence-electron chi connectivity index (χ4n) is 1.15. The molecule has 1 N–H and O–H groups in total. The van der Waals surface area contributed by atoms with Crippen LogP contribution in [-0.4, -0.2) is 16.3 Å². The Bertz CT molecular complexity index is 170. The van der Waals surface area contributed by atoms with E-state index in [1.165, 1.54) is 0 Å². The monoisotopic (exact) mass is 195 g/mol. The largest absolute Gasteiger partial charge is 0.351 e. The minimum absolute atomic E-state index is 0.196. The van der Waals surface area contributed by atoms with E-state index in [9.17, 15) is 4.79 Å². The van der Waals surface area contributed by atoms with Gasteiger partial charge in [0.15, 0.2) is 4.33 Å². The Morgan fingerprint density at radius 2 is 2.27 bits per heavy atom. The molecule has 1 fully saturated rings. The normalized spacial score (nSPS) is 30.8. The molecule has 1 rings (SSSR count). The van der Waals surface area contributed by atoms with Crippen LogP contribution in [0.25, 0.3) is 0 Å². The van der Waals surface area contributed by atoms with E-state index < -0.39 is 4.33 Å². The van der Waals surface area contributed by atoms with E-state index in [1.807, 2.05) is 6.92 Å². The van der Waals surface area contributed by atoms with E-state index in [0.29, 0.717) is 6.42 Å². The summed E-state index contributed by atoms with van der Waals surface area (Å²) in [5, 5.41) is 2.73. The fraction of sp³-hybridized carbons (Fsp3) is 0.857. The molecule has 0 saturated carbocycles. The summed E-state index contributed by atoms with van der Waals surface area (Å²) < 4.78 is -1.20. The molecule has 1 amide bonds. The standard InChI is InChI=1S/C7H11Cl2NO/c1-5-3-2-4-7(8,9)6(11)10-5/h5H,2-4H2,1H3,(H,10,11). The number of halogens is 2. The molecule has 0 aromatic rings. The zero-order valence-electron chi connectivity index (χ0n) is 6.36. The van der Waals surface area contributed by atoms with Gasteiger partial charge in [-0.3, -0.25) is 4.79 Å². The zero-order valence-corrected chi connectivity index (χ0v) is 7.87. The summed E-state index contributed by atoms with van der Waals surface area (Å²) in [6.45, 7) is 1.95. The van der Waals surface area contributed by atoms with Crippen molar-refractivity contribution in [3.05, 3.63) is 0 Å². The topological polar surface area (TPSA) is 29.1 Å². The van der Waals surface area contributed by atoms with Crippen molar-refractivity contribution < 1.29 is 4.79 Å². The van der Waals surface area contributed by atoms with Crippen LogP contribution in [0.4, 0.5) is 0 Å². The molecule has 1 aliphatic rings. The van der Waals surface area contributed by atoms with E-state index in [-0.39, 0.29) is 11.9 Å². The third-order valence-electron chi connectivity index (χ3n) is 1.84. The highest BCUT2D eigenvalue weighted by molar-refractivity contribution is 6.58. The Balaban J connectivity index is 2.66. The Morgan fingerprint density at radius 1 is 1.64 bits per heavy atom. The van der Waals surface area contributed by atoms with Gasteiger partial charge in [-0.15, -0.1) is 0 Å². The van der Waals surface area contributed by atoms with Crippen molar-refractivity contribution in [2.24, 2.45) is 0 Å². The lowest BCUT2D eigenvalue weighted by Crippen LogP contribution is -2.40. The number of hydrogen-bond acceptors (Lipinski definition) is 1. The molecule has 0 aromatic carbocycles. The fourth-order valence-corrected chi connectivity index (χ4v) is 1.52. The first-order valence-electron chi connectivity index (χ1n) is 3.71. The molecular weight excluding hydrogens is 185 g/mol. The van der Waals surface area contributed by atoms with Crippen molar-refractivity contribution in [1.82, 2.24) is 5.32 Å². The molecule has 0 spiro atoms. The van der Waals surface area contributed by atoms with Gasteiger partial charge in [0.1, 0.15) is 0 Å². The average molecular weight is 196 g/mol. The number of alkyl halides is 2. The first-order valence-corrected chi connectivity index (χ1v) is 4.47.